The largest absolute Gasteiger partial charge is 0.417 e. The van der Waals surface area contributed by atoms with Crippen LogP contribution in [0.2, 0.25) is 0 Å². The van der Waals surface area contributed by atoms with Gasteiger partial charge in [0.15, 0.2) is 0 Å². The third kappa shape index (κ3) is 3.65. The average Bonchev–Trinajstić information content (AvgIpc) is 3.26. The Morgan fingerprint density at radius 1 is 1.42 bits per heavy atom. The number of aliphatic hydroxyl groups is 1. The van der Waals surface area contributed by atoms with E-state index in [9.17, 15) is 9.90 Å². The van der Waals surface area contributed by atoms with Crippen molar-refractivity contribution in [2.75, 3.05) is 26.2 Å². The Hall–Kier alpha value is -1.84. The van der Waals surface area contributed by atoms with Crippen LogP contribution in [0.5, 0.6) is 0 Å². The maximum absolute atomic E-state index is 12.5. The first kappa shape index (κ1) is 17.6. The summed E-state index contributed by atoms with van der Waals surface area (Å²) >= 11 is 1.65. The van der Waals surface area contributed by atoms with E-state index in [2.05, 4.69) is 20.1 Å². The molecule has 1 unspecified atom stereocenters. The normalized spacial score (nSPS) is 23.5. The van der Waals surface area contributed by atoms with E-state index in [1.165, 1.54) is 0 Å². The number of thiazole rings is 1. The topological polar surface area (TPSA) is 95.6 Å². The van der Waals surface area contributed by atoms with E-state index in [0.29, 0.717) is 25.5 Å². The fourth-order valence-electron chi connectivity index (χ4n) is 4.17. The van der Waals surface area contributed by atoms with Crippen LogP contribution in [-0.2, 0) is 6.54 Å². The fourth-order valence-corrected chi connectivity index (χ4v) is 4.83. The van der Waals surface area contributed by atoms with Crippen LogP contribution in [-0.4, -0.2) is 68.3 Å². The molecule has 0 aliphatic carbocycles. The van der Waals surface area contributed by atoms with Gasteiger partial charge in [0.05, 0.1) is 12.6 Å². The van der Waals surface area contributed by atoms with Crippen LogP contribution >= 0.6 is 11.3 Å². The second-order valence-corrected chi connectivity index (χ2v) is 8.35. The molecule has 2 fully saturated rings. The zero-order valence-electron chi connectivity index (χ0n) is 14.8. The van der Waals surface area contributed by atoms with Gasteiger partial charge in [0.1, 0.15) is 5.01 Å². The van der Waals surface area contributed by atoms with Gasteiger partial charge < -0.3 is 14.4 Å². The zero-order valence-corrected chi connectivity index (χ0v) is 15.6. The van der Waals surface area contributed by atoms with E-state index in [1.807, 2.05) is 11.6 Å². The average molecular weight is 377 g/mol. The van der Waals surface area contributed by atoms with Gasteiger partial charge in [-0.05, 0) is 24.7 Å². The summed E-state index contributed by atoms with van der Waals surface area (Å²) in [5.74, 6) is 0.263. The maximum atomic E-state index is 12.5. The first-order chi connectivity index (χ1) is 12.5. The molecule has 26 heavy (non-hydrogen) atoms. The van der Waals surface area contributed by atoms with Crippen molar-refractivity contribution < 1.29 is 14.3 Å². The summed E-state index contributed by atoms with van der Waals surface area (Å²) in [6.07, 6.45) is 4.03. The third-order valence-corrected chi connectivity index (χ3v) is 6.12. The standard InChI is InChI=1S/C17H23N5O3S/c1-12-19-20-15(25-12)16(24)22-5-2-17(3-6-22)8-13(23)9-21(11-17)10-14-18-4-7-26-14/h4,7,13,23H,2-3,5-6,8-11H2,1H3. The minimum atomic E-state index is -0.329. The van der Waals surface area contributed by atoms with Crippen molar-refractivity contribution in [2.24, 2.45) is 5.41 Å². The summed E-state index contributed by atoms with van der Waals surface area (Å²) in [5.41, 5.74) is 0.0520. The molecule has 1 N–H and O–H groups in total. The van der Waals surface area contributed by atoms with Gasteiger partial charge in [0.2, 0.25) is 5.89 Å². The van der Waals surface area contributed by atoms with Crippen LogP contribution in [0.25, 0.3) is 0 Å². The van der Waals surface area contributed by atoms with Gasteiger partial charge in [-0.3, -0.25) is 9.69 Å². The molecule has 2 aromatic rings. The number of carbonyl (C=O) groups is 1. The first-order valence-corrected chi connectivity index (χ1v) is 9.79. The van der Waals surface area contributed by atoms with Crippen LogP contribution in [0.4, 0.5) is 0 Å². The van der Waals surface area contributed by atoms with Crippen LogP contribution in [0, 0.1) is 12.3 Å². The molecule has 4 heterocycles. The van der Waals surface area contributed by atoms with Gasteiger partial charge in [-0.25, -0.2) is 4.98 Å². The van der Waals surface area contributed by atoms with Gasteiger partial charge >= 0.3 is 11.8 Å². The van der Waals surface area contributed by atoms with Crippen LogP contribution < -0.4 is 0 Å². The van der Waals surface area contributed by atoms with E-state index >= 15 is 0 Å². The molecule has 0 saturated carbocycles. The Morgan fingerprint density at radius 2 is 2.23 bits per heavy atom. The Balaban J connectivity index is 1.39. The zero-order chi connectivity index (χ0) is 18.1. The Kier molecular flexibility index (Phi) is 4.76. The molecule has 2 aliphatic rings. The lowest BCUT2D eigenvalue weighted by atomic mass is 9.71. The summed E-state index contributed by atoms with van der Waals surface area (Å²) in [5, 5.41) is 21.0. The highest BCUT2D eigenvalue weighted by Gasteiger charge is 2.42. The highest BCUT2D eigenvalue weighted by atomic mass is 32.1. The number of hydrogen-bond acceptors (Lipinski definition) is 8. The highest BCUT2D eigenvalue weighted by molar-refractivity contribution is 7.09. The summed E-state index contributed by atoms with van der Waals surface area (Å²) in [6, 6.07) is 0. The fraction of sp³-hybridized carbons (Fsp3) is 0.647. The van der Waals surface area contributed by atoms with Gasteiger partial charge in [0.25, 0.3) is 0 Å². The second-order valence-electron chi connectivity index (χ2n) is 7.37. The number of amides is 1. The van der Waals surface area contributed by atoms with Crippen molar-refractivity contribution >= 4 is 17.2 Å². The van der Waals surface area contributed by atoms with Crippen molar-refractivity contribution in [3.05, 3.63) is 28.4 Å². The van der Waals surface area contributed by atoms with Crippen LogP contribution in [0.3, 0.4) is 0 Å². The highest BCUT2D eigenvalue weighted by Crippen LogP contribution is 2.40. The van der Waals surface area contributed by atoms with E-state index in [0.717, 1.165) is 37.4 Å². The molecule has 1 amide bonds. The van der Waals surface area contributed by atoms with Gasteiger partial charge in [-0.1, -0.05) is 0 Å². The number of β-amino-alcohol motifs (C(OH)–C–C–N with tert-alkyl or cyclic N) is 1. The number of aryl methyl sites for hydroxylation is 1. The molecule has 2 aromatic heterocycles. The van der Waals surface area contributed by atoms with Crippen molar-refractivity contribution in [1.29, 1.82) is 0 Å². The quantitative estimate of drug-likeness (QED) is 0.862. The lowest BCUT2D eigenvalue weighted by molar-refractivity contribution is -0.0407. The van der Waals surface area contributed by atoms with E-state index < -0.39 is 0 Å². The molecule has 1 spiro atoms. The van der Waals surface area contributed by atoms with Crippen molar-refractivity contribution in [3.63, 3.8) is 0 Å². The number of carbonyl (C=O) groups excluding carboxylic acids is 1. The number of rotatable bonds is 3. The van der Waals surface area contributed by atoms with Gasteiger partial charge in [-0.15, -0.1) is 21.5 Å². The molecule has 1 atom stereocenters. The summed E-state index contributed by atoms with van der Waals surface area (Å²) < 4.78 is 5.26. The number of piperidine rings is 2. The van der Waals surface area contributed by atoms with Crippen molar-refractivity contribution in [1.82, 2.24) is 25.0 Å². The number of aliphatic hydroxyl groups excluding tert-OH is 1. The molecule has 2 saturated heterocycles. The lowest BCUT2D eigenvalue weighted by Gasteiger charge is -2.48. The van der Waals surface area contributed by atoms with Crippen LogP contribution in [0.1, 0.15) is 40.8 Å². The molecule has 140 valence electrons. The van der Waals surface area contributed by atoms with E-state index in [1.54, 1.807) is 23.2 Å². The molecule has 0 radical (unpaired) electrons. The monoisotopic (exact) mass is 377 g/mol. The molecule has 9 heteroatoms. The Labute approximate surface area is 155 Å². The summed E-state index contributed by atoms with van der Waals surface area (Å²) in [6.45, 7) is 5.38. The summed E-state index contributed by atoms with van der Waals surface area (Å²) in [7, 11) is 0. The molecule has 4 rings (SSSR count). The molecule has 0 bridgehead atoms. The SMILES string of the molecule is Cc1nnc(C(=O)N2CCC3(CC2)CC(O)CN(Cc2nccs2)C3)o1. The Bertz CT molecular complexity index is 754. The van der Waals surface area contributed by atoms with Gasteiger partial charge in [-0.2, -0.15) is 0 Å². The number of likely N-dealkylation sites (tertiary alicyclic amines) is 2. The molecule has 2 aliphatic heterocycles. The van der Waals surface area contributed by atoms with Crippen molar-refractivity contribution in [3.8, 4) is 0 Å². The van der Waals surface area contributed by atoms with Crippen molar-refractivity contribution in [2.45, 2.75) is 38.8 Å². The number of aromatic nitrogens is 3. The molecule has 0 aromatic carbocycles. The minimum Gasteiger partial charge on any atom is -0.417 e. The number of nitrogens with zero attached hydrogens (tertiary/aromatic N) is 5. The Morgan fingerprint density at radius 3 is 2.88 bits per heavy atom. The predicted octanol–water partition coefficient (Wildman–Crippen LogP) is 1.32. The van der Waals surface area contributed by atoms with E-state index in [-0.39, 0.29) is 23.3 Å². The van der Waals surface area contributed by atoms with Crippen LogP contribution in [0.15, 0.2) is 16.0 Å². The second kappa shape index (κ2) is 7.05. The minimum absolute atomic E-state index is 0.0520. The predicted molar refractivity (Wildman–Crippen MR) is 94.6 cm³/mol. The lowest BCUT2D eigenvalue weighted by Crippen LogP contribution is -2.54. The number of hydrogen-bond donors (Lipinski definition) is 1. The maximum Gasteiger partial charge on any atom is 0.311 e. The third-order valence-electron chi connectivity index (χ3n) is 5.36. The van der Waals surface area contributed by atoms with E-state index in [4.69, 9.17) is 4.42 Å². The molecular formula is C17H23N5O3S. The summed E-state index contributed by atoms with van der Waals surface area (Å²) in [4.78, 5) is 20.9. The molecular weight excluding hydrogens is 354 g/mol. The van der Waals surface area contributed by atoms with Gasteiger partial charge in [0, 0.05) is 44.7 Å². The smallest absolute Gasteiger partial charge is 0.311 e. The molecule has 8 nitrogen and oxygen atoms in total. The first-order valence-electron chi connectivity index (χ1n) is 8.91.